The van der Waals surface area contributed by atoms with Gasteiger partial charge in [0.15, 0.2) is 0 Å². The maximum atomic E-state index is 10.8. The number of ether oxygens (including phenoxy) is 1. The van der Waals surface area contributed by atoms with E-state index in [0.29, 0.717) is 0 Å². The third kappa shape index (κ3) is 3.37. The second-order valence-corrected chi connectivity index (χ2v) is 3.18. The lowest BCUT2D eigenvalue weighted by atomic mass is 10.2. The fraction of sp³-hybridized carbons (Fsp3) is 0.100. The summed E-state index contributed by atoms with van der Waals surface area (Å²) in [5, 5.41) is 21.2. The Labute approximate surface area is 101 Å². The first-order chi connectivity index (χ1) is 8.43. The molecule has 1 aromatic carbocycles. The topological polar surface area (TPSA) is 113 Å². The van der Waals surface area contributed by atoms with Crippen LogP contribution < -0.4 is 0 Å². The summed E-state index contributed by atoms with van der Waals surface area (Å²) >= 11 is 0. The van der Waals surface area contributed by atoms with Crippen molar-refractivity contribution in [1.29, 1.82) is 0 Å². The molecule has 0 saturated heterocycles. The Balaban J connectivity index is 3.03. The molecule has 0 saturated carbocycles. The van der Waals surface area contributed by atoms with Crippen LogP contribution in [0.2, 0.25) is 0 Å². The summed E-state index contributed by atoms with van der Waals surface area (Å²) in [6, 6.07) is 3.03. The van der Waals surface area contributed by atoms with Crippen molar-refractivity contribution < 1.29 is 19.4 Å². The average Bonchev–Trinajstić information content (AvgIpc) is 2.35. The van der Waals surface area contributed by atoms with Gasteiger partial charge in [0.05, 0.1) is 15.9 Å². The van der Waals surface area contributed by atoms with Gasteiger partial charge in [-0.2, -0.15) is 0 Å². The molecule has 0 aliphatic rings. The van der Waals surface area contributed by atoms with Crippen molar-refractivity contribution in [1.82, 2.24) is 0 Å². The van der Waals surface area contributed by atoms with Crippen molar-refractivity contribution in [3.05, 3.63) is 56.6 Å². The number of carbonyl (C=O) groups is 1. The molecule has 0 fully saturated rings. The third-order valence-corrected chi connectivity index (χ3v) is 1.93. The first kappa shape index (κ1) is 13.3. The van der Waals surface area contributed by atoms with Gasteiger partial charge < -0.3 is 4.74 Å². The minimum atomic E-state index is -0.758. The van der Waals surface area contributed by atoms with Gasteiger partial charge in [0.25, 0.3) is 11.4 Å². The number of nitro groups is 2. The molecule has 0 spiro atoms. The van der Waals surface area contributed by atoms with Crippen molar-refractivity contribution in [3.63, 3.8) is 0 Å². The quantitative estimate of drug-likeness (QED) is 0.341. The molecule has 1 rings (SSSR count). The van der Waals surface area contributed by atoms with Crippen LogP contribution >= 0.6 is 0 Å². The summed E-state index contributed by atoms with van der Waals surface area (Å²) < 4.78 is 4.64. The van der Waals surface area contributed by atoms with Crippen LogP contribution in [0, 0.1) is 20.2 Å². The molecule has 1 aromatic rings. The van der Waals surface area contributed by atoms with Gasteiger partial charge in [-0.1, -0.05) is 6.58 Å². The van der Waals surface area contributed by atoms with Gasteiger partial charge >= 0.3 is 5.97 Å². The van der Waals surface area contributed by atoms with Crippen molar-refractivity contribution in [2.24, 2.45) is 0 Å². The van der Waals surface area contributed by atoms with Gasteiger partial charge in [-0.25, -0.2) is 4.79 Å². The molecule has 18 heavy (non-hydrogen) atoms. The zero-order valence-corrected chi connectivity index (χ0v) is 9.07. The number of carbonyl (C=O) groups excluding carboxylic acids is 1. The molecule has 0 aliphatic carbocycles. The van der Waals surface area contributed by atoms with E-state index >= 15 is 0 Å². The van der Waals surface area contributed by atoms with Crippen molar-refractivity contribution in [2.45, 2.75) is 6.61 Å². The highest BCUT2D eigenvalue weighted by Crippen LogP contribution is 2.23. The number of rotatable bonds is 5. The Bertz CT molecular complexity index is 493. The van der Waals surface area contributed by atoms with Gasteiger partial charge in [-0.05, 0) is 0 Å². The van der Waals surface area contributed by atoms with Crippen LogP contribution in [0.4, 0.5) is 11.4 Å². The number of esters is 1. The Morgan fingerprint density at radius 2 is 1.72 bits per heavy atom. The van der Waals surface area contributed by atoms with E-state index in [9.17, 15) is 25.0 Å². The summed E-state index contributed by atoms with van der Waals surface area (Å²) in [5.74, 6) is -0.718. The summed E-state index contributed by atoms with van der Waals surface area (Å²) in [7, 11) is 0. The molecule has 8 nitrogen and oxygen atoms in total. The second kappa shape index (κ2) is 5.53. The lowest BCUT2D eigenvalue weighted by Crippen LogP contribution is -2.02. The number of benzene rings is 1. The molecule has 0 aromatic heterocycles. The highest BCUT2D eigenvalue weighted by Gasteiger charge is 2.16. The number of nitro benzene ring substituents is 2. The van der Waals surface area contributed by atoms with Crippen LogP contribution in [0.25, 0.3) is 0 Å². The second-order valence-electron chi connectivity index (χ2n) is 3.18. The van der Waals surface area contributed by atoms with Crippen LogP contribution in [0.1, 0.15) is 5.56 Å². The number of nitrogens with zero attached hydrogens (tertiary/aromatic N) is 2. The number of hydrogen-bond acceptors (Lipinski definition) is 6. The molecule has 0 atom stereocenters. The minimum Gasteiger partial charge on any atom is -0.458 e. The maximum Gasteiger partial charge on any atom is 0.330 e. The molecule has 0 heterocycles. The van der Waals surface area contributed by atoms with Crippen LogP contribution in [0.3, 0.4) is 0 Å². The summed E-state index contributed by atoms with van der Waals surface area (Å²) in [5.41, 5.74) is -0.714. The summed E-state index contributed by atoms with van der Waals surface area (Å²) in [4.78, 5) is 30.5. The van der Waals surface area contributed by atoms with Crippen LogP contribution in [-0.4, -0.2) is 15.8 Å². The number of non-ortho nitro benzene ring substituents is 2. The zero-order valence-electron chi connectivity index (χ0n) is 9.07. The van der Waals surface area contributed by atoms with Crippen molar-refractivity contribution in [3.8, 4) is 0 Å². The van der Waals surface area contributed by atoms with E-state index in [1.165, 1.54) is 0 Å². The van der Waals surface area contributed by atoms with E-state index in [4.69, 9.17) is 0 Å². The first-order valence-electron chi connectivity index (χ1n) is 4.66. The third-order valence-electron chi connectivity index (χ3n) is 1.93. The molecular formula is C10H8N2O6. The normalized spacial score (nSPS) is 9.56. The Hall–Kier alpha value is -2.77. The maximum absolute atomic E-state index is 10.8. The predicted octanol–water partition coefficient (Wildman–Crippen LogP) is 1.73. The molecule has 0 radical (unpaired) electrons. The molecule has 0 N–H and O–H groups in total. The average molecular weight is 252 g/mol. The highest BCUT2D eigenvalue weighted by atomic mass is 16.6. The lowest BCUT2D eigenvalue weighted by Gasteiger charge is -2.02. The molecule has 0 amide bonds. The Morgan fingerprint density at radius 3 is 2.11 bits per heavy atom. The molecular weight excluding hydrogens is 244 g/mol. The molecule has 0 aliphatic heterocycles. The standard InChI is InChI=1S/C10H8N2O6/c1-2-10(13)18-6-7-3-8(11(14)15)5-9(4-7)12(16)17/h2-5H,1,6H2. The SMILES string of the molecule is C=CC(=O)OCc1cc([N+](=O)[O-])cc([N+](=O)[O-])c1. The molecule has 0 bridgehead atoms. The summed E-state index contributed by atoms with van der Waals surface area (Å²) in [6.07, 6.45) is 0.922. The minimum absolute atomic E-state index is 0.158. The molecule has 8 heteroatoms. The van der Waals surface area contributed by atoms with Gasteiger partial charge in [0.1, 0.15) is 6.61 Å². The van der Waals surface area contributed by atoms with Gasteiger partial charge in [0, 0.05) is 23.8 Å². The zero-order chi connectivity index (χ0) is 13.7. The van der Waals surface area contributed by atoms with E-state index in [1.54, 1.807) is 0 Å². The van der Waals surface area contributed by atoms with E-state index in [1.807, 2.05) is 0 Å². The van der Waals surface area contributed by atoms with Crippen LogP contribution in [0.15, 0.2) is 30.9 Å². The van der Waals surface area contributed by atoms with E-state index < -0.39 is 27.2 Å². The van der Waals surface area contributed by atoms with E-state index in [0.717, 1.165) is 24.3 Å². The van der Waals surface area contributed by atoms with Crippen LogP contribution in [-0.2, 0) is 16.1 Å². The fourth-order valence-electron chi connectivity index (χ4n) is 1.16. The summed E-state index contributed by atoms with van der Waals surface area (Å²) in [6.45, 7) is 2.88. The van der Waals surface area contributed by atoms with E-state index in [2.05, 4.69) is 11.3 Å². The Kier molecular flexibility index (Phi) is 4.08. The van der Waals surface area contributed by atoms with Gasteiger partial charge in [-0.3, -0.25) is 20.2 Å². The van der Waals surface area contributed by atoms with Crippen molar-refractivity contribution in [2.75, 3.05) is 0 Å². The van der Waals surface area contributed by atoms with E-state index in [-0.39, 0.29) is 12.2 Å². The number of hydrogen-bond donors (Lipinski definition) is 0. The van der Waals surface area contributed by atoms with Crippen molar-refractivity contribution >= 4 is 17.3 Å². The fourth-order valence-corrected chi connectivity index (χ4v) is 1.16. The van der Waals surface area contributed by atoms with Crippen LogP contribution in [0.5, 0.6) is 0 Å². The Morgan fingerprint density at radius 1 is 1.22 bits per heavy atom. The first-order valence-corrected chi connectivity index (χ1v) is 4.66. The largest absolute Gasteiger partial charge is 0.458 e. The lowest BCUT2D eigenvalue weighted by molar-refractivity contribution is -0.394. The molecule has 0 unspecified atom stereocenters. The molecule has 94 valence electrons. The monoisotopic (exact) mass is 252 g/mol. The predicted molar refractivity (Wildman–Crippen MR) is 59.7 cm³/mol. The smallest absolute Gasteiger partial charge is 0.330 e. The van der Waals surface area contributed by atoms with Gasteiger partial charge in [0.2, 0.25) is 0 Å². The highest BCUT2D eigenvalue weighted by molar-refractivity contribution is 5.81. The van der Waals surface area contributed by atoms with Gasteiger partial charge in [-0.15, -0.1) is 0 Å².